The predicted octanol–water partition coefficient (Wildman–Crippen LogP) is 1.85. The Kier molecular flexibility index (Phi) is 5.29. The summed E-state index contributed by atoms with van der Waals surface area (Å²) in [6.45, 7) is 0. The minimum atomic E-state index is -0.896. The first-order valence-electron chi connectivity index (χ1n) is 4.65. The van der Waals surface area contributed by atoms with Crippen LogP contribution in [0, 0.1) is 0 Å². The molecule has 0 heterocycles. The first-order valence-corrected chi connectivity index (χ1v) is 5.40. The molecule has 0 bridgehead atoms. The van der Waals surface area contributed by atoms with Gasteiger partial charge in [-0.25, -0.2) is 15.0 Å². The maximum atomic E-state index is 11.3. The fourth-order valence-corrected chi connectivity index (χ4v) is 1.19. The number of hydrogen-bond acceptors (Lipinski definition) is 4. The van der Waals surface area contributed by atoms with Gasteiger partial charge in [-0.2, -0.15) is 0 Å². The van der Waals surface area contributed by atoms with Crippen molar-refractivity contribution in [3.8, 4) is 0 Å². The summed E-state index contributed by atoms with van der Waals surface area (Å²) in [5.41, 5.74) is 7.46. The van der Waals surface area contributed by atoms with Crippen LogP contribution >= 0.6 is 23.2 Å². The van der Waals surface area contributed by atoms with Crippen molar-refractivity contribution in [2.75, 3.05) is 5.17 Å². The number of hydrazine groups is 1. The number of para-hydroxylation sites is 1. The van der Waals surface area contributed by atoms with Crippen LogP contribution in [0.2, 0.25) is 0 Å². The lowest BCUT2D eigenvalue weighted by Crippen LogP contribution is -2.46. The third-order valence-electron chi connectivity index (χ3n) is 1.61. The summed E-state index contributed by atoms with van der Waals surface area (Å²) < 4.78 is -0.271. The molecule has 2 amide bonds. The van der Waals surface area contributed by atoms with E-state index in [4.69, 9.17) is 33.8 Å². The molecule has 96 valence electrons. The summed E-state index contributed by atoms with van der Waals surface area (Å²) >= 11 is 10.6. The minimum absolute atomic E-state index is 0.271. The quantitative estimate of drug-likeness (QED) is 0.654. The average Bonchev–Trinajstić information content (AvgIpc) is 2.27. The molecule has 18 heavy (non-hydrogen) atoms. The van der Waals surface area contributed by atoms with Crippen molar-refractivity contribution >= 4 is 40.9 Å². The topological polar surface area (TPSA) is 84.7 Å². The highest BCUT2D eigenvalue weighted by Gasteiger charge is 2.13. The van der Waals surface area contributed by atoms with Gasteiger partial charge in [-0.1, -0.05) is 41.4 Å². The van der Waals surface area contributed by atoms with Gasteiger partial charge >= 0.3 is 12.0 Å². The van der Waals surface area contributed by atoms with Gasteiger partial charge in [0.25, 0.3) is 0 Å². The standard InChI is InChI=1S/C10H9Cl2N3O3/c11-8(12)6-9(16)18-15(14-10(13)17)7-4-2-1-3-5-7/h1-6H,(H3,13,14,17). The largest absolute Gasteiger partial charge is 0.360 e. The fourth-order valence-electron chi connectivity index (χ4n) is 1.01. The zero-order valence-electron chi connectivity index (χ0n) is 8.97. The van der Waals surface area contributed by atoms with Crippen LogP contribution in [0.4, 0.5) is 10.5 Å². The zero-order valence-corrected chi connectivity index (χ0v) is 10.5. The number of nitrogens with zero attached hydrogens (tertiary/aromatic N) is 1. The van der Waals surface area contributed by atoms with Gasteiger partial charge in [-0.15, -0.1) is 5.17 Å². The molecule has 0 spiro atoms. The number of nitrogens with one attached hydrogen (secondary N) is 1. The first kappa shape index (κ1) is 14.1. The second-order valence-corrected chi connectivity index (χ2v) is 3.96. The van der Waals surface area contributed by atoms with Gasteiger partial charge in [-0.05, 0) is 12.1 Å². The molecule has 0 saturated carbocycles. The zero-order chi connectivity index (χ0) is 13.5. The molecule has 0 fully saturated rings. The van der Waals surface area contributed by atoms with Crippen molar-refractivity contribution < 1.29 is 14.4 Å². The molecule has 0 aliphatic rings. The van der Waals surface area contributed by atoms with Crippen molar-refractivity contribution in [3.05, 3.63) is 40.9 Å². The second kappa shape index (κ2) is 6.73. The number of rotatable bonds is 4. The van der Waals surface area contributed by atoms with Crippen molar-refractivity contribution in [1.29, 1.82) is 0 Å². The van der Waals surface area contributed by atoms with Gasteiger partial charge in [0.2, 0.25) is 0 Å². The molecule has 0 aliphatic heterocycles. The summed E-state index contributed by atoms with van der Waals surface area (Å²) in [7, 11) is 0. The predicted molar refractivity (Wildman–Crippen MR) is 67.5 cm³/mol. The van der Waals surface area contributed by atoms with Gasteiger partial charge in [0.1, 0.15) is 4.49 Å². The fraction of sp³-hybridized carbons (Fsp3) is 0. The maximum absolute atomic E-state index is 11.3. The summed E-state index contributed by atoms with van der Waals surface area (Å²) in [6.07, 6.45) is 0.835. The molecule has 1 aromatic carbocycles. The van der Waals surface area contributed by atoms with E-state index < -0.39 is 12.0 Å². The van der Waals surface area contributed by atoms with E-state index in [0.29, 0.717) is 5.69 Å². The summed E-state index contributed by atoms with van der Waals surface area (Å²) in [5.74, 6) is -0.868. The number of anilines is 1. The molecule has 8 heteroatoms. The van der Waals surface area contributed by atoms with E-state index in [1.54, 1.807) is 30.3 Å². The summed E-state index contributed by atoms with van der Waals surface area (Å²) in [6, 6.07) is 7.41. The first-order chi connectivity index (χ1) is 8.49. The normalized spacial score (nSPS) is 9.22. The smallest absolute Gasteiger partial charge is 0.350 e. The van der Waals surface area contributed by atoms with Crippen molar-refractivity contribution in [2.45, 2.75) is 0 Å². The number of carbonyl (C=O) groups excluding carboxylic acids is 2. The Balaban J connectivity index is 2.83. The Morgan fingerprint density at radius 3 is 2.39 bits per heavy atom. The van der Waals surface area contributed by atoms with E-state index in [2.05, 4.69) is 5.43 Å². The number of benzene rings is 1. The Morgan fingerprint density at radius 2 is 1.89 bits per heavy atom. The van der Waals surface area contributed by atoms with Crippen LogP contribution in [0.5, 0.6) is 0 Å². The molecule has 6 nitrogen and oxygen atoms in total. The van der Waals surface area contributed by atoms with Gasteiger partial charge < -0.3 is 10.6 Å². The molecule has 3 N–H and O–H groups in total. The summed E-state index contributed by atoms with van der Waals surface area (Å²) in [4.78, 5) is 26.9. The Labute approximate surface area is 113 Å². The third-order valence-corrected chi connectivity index (χ3v) is 1.83. The van der Waals surface area contributed by atoms with Crippen molar-refractivity contribution in [2.24, 2.45) is 5.73 Å². The molecule has 0 aliphatic carbocycles. The number of halogens is 2. The number of primary amides is 1. The van der Waals surface area contributed by atoms with E-state index in [1.807, 2.05) is 0 Å². The van der Waals surface area contributed by atoms with Crippen LogP contribution in [0.25, 0.3) is 0 Å². The van der Waals surface area contributed by atoms with E-state index >= 15 is 0 Å². The number of hydrogen-bond donors (Lipinski definition) is 2. The highest BCUT2D eigenvalue weighted by molar-refractivity contribution is 6.56. The Bertz CT molecular complexity index is 461. The van der Waals surface area contributed by atoms with E-state index in [9.17, 15) is 9.59 Å². The van der Waals surface area contributed by atoms with Gasteiger partial charge in [0.15, 0.2) is 0 Å². The van der Waals surface area contributed by atoms with Crippen LogP contribution in [0.15, 0.2) is 40.9 Å². The van der Waals surface area contributed by atoms with Gasteiger partial charge in [-0.3, -0.25) is 0 Å². The molecular weight excluding hydrogens is 281 g/mol. The van der Waals surface area contributed by atoms with Crippen molar-refractivity contribution in [1.82, 2.24) is 5.43 Å². The van der Waals surface area contributed by atoms with Crippen LogP contribution < -0.4 is 16.3 Å². The molecule has 0 aromatic heterocycles. The SMILES string of the molecule is NC(=O)NN(OC(=O)C=C(Cl)Cl)c1ccccc1. The number of nitrogens with two attached hydrogens (primary N) is 1. The lowest BCUT2D eigenvalue weighted by Gasteiger charge is -2.21. The molecule has 0 radical (unpaired) electrons. The van der Waals surface area contributed by atoms with Gasteiger partial charge in [0.05, 0.1) is 11.8 Å². The monoisotopic (exact) mass is 289 g/mol. The van der Waals surface area contributed by atoms with Crippen LogP contribution in [-0.4, -0.2) is 12.0 Å². The van der Waals surface area contributed by atoms with E-state index in [0.717, 1.165) is 11.2 Å². The highest BCUT2D eigenvalue weighted by Crippen LogP contribution is 2.12. The Morgan fingerprint density at radius 1 is 1.28 bits per heavy atom. The second-order valence-electron chi connectivity index (χ2n) is 2.95. The molecular formula is C10H9Cl2N3O3. The Hall–Kier alpha value is -1.92. The number of carbonyl (C=O) groups is 2. The molecule has 1 rings (SSSR count). The molecule has 0 atom stereocenters. The number of urea groups is 1. The third kappa shape index (κ3) is 4.94. The van der Waals surface area contributed by atoms with Crippen LogP contribution in [-0.2, 0) is 9.63 Å². The van der Waals surface area contributed by atoms with Crippen LogP contribution in [0.1, 0.15) is 0 Å². The minimum Gasteiger partial charge on any atom is -0.350 e. The lowest BCUT2D eigenvalue weighted by atomic mass is 10.3. The average molecular weight is 290 g/mol. The van der Waals surface area contributed by atoms with E-state index in [-0.39, 0.29) is 4.49 Å². The summed E-state index contributed by atoms with van der Waals surface area (Å²) in [5, 5.41) is 0.803. The molecule has 1 aromatic rings. The lowest BCUT2D eigenvalue weighted by molar-refractivity contribution is -0.140. The number of amides is 2. The highest BCUT2D eigenvalue weighted by atomic mass is 35.5. The maximum Gasteiger partial charge on any atom is 0.360 e. The van der Waals surface area contributed by atoms with E-state index in [1.165, 1.54) is 0 Å². The molecule has 0 unspecified atom stereocenters. The van der Waals surface area contributed by atoms with Crippen molar-refractivity contribution in [3.63, 3.8) is 0 Å². The van der Waals surface area contributed by atoms with Gasteiger partial charge in [0, 0.05) is 0 Å². The van der Waals surface area contributed by atoms with Crippen LogP contribution in [0.3, 0.4) is 0 Å². The molecule has 0 saturated heterocycles.